The lowest BCUT2D eigenvalue weighted by atomic mass is 10.2. The third kappa shape index (κ3) is 3.99. The van der Waals surface area contributed by atoms with Gasteiger partial charge in [-0.3, -0.25) is 0 Å². The lowest BCUT2D eigenvalue weighted by Crippen LogP contribution is -2.26. The first-order valence-electron chi connectivity index (χ1n) is 6.86. The summed E-state index contributed by atoms with van der Waals surface area (Å²) < 4.78 is 12.2. The minimum Gasteiger partial charge on any atom is -0.496 e. The zero-order valence-corrected chi connectivity index (χ0v) is 12.6. The molecule has 0 saturated heterocycles. The highest BCUT2D eigenvalue weighted by Crippen LogP contribution is 2.19. The Hall–Kier alpha value is -1.99. The van der Waals surface area contributed by atoms with E-state index in [0.29, 0.717) is 13.2 Å². The van der Waals surface area contributed by atoms with Crippen molar-refractivity contribution in [2.45, 2.75) is 19.5 Å². The Kier molecular flexibility index (Phi) is 5.65. The highest BCUT2D eigenvalue weighted by molar-refractivity contribution is 5.33. The van der Waals surface area contributed by atoms with Crippen molar-refractivity contribution in [2.24, 2.45) is 0 Å². The molecule has 0 aliphatic heterocycles. The lowest BCUT2D eigenvalue weighted by molar-refractivity contribution is 0.196. The third-order valence-corrected chi connectivity index (χ3v) is 3.22. The molecule has 0 radical (unpaired) electrons. The van der Waals surface area contributed by atoms with E-state index in [9.17, 15) is 0 Å². The highest BCUT2D eigenvalue weighted by atomic mass is 16.5. The van der Waals surface area contributed by atoms with Crippen molar-refractivity contribution in [3.63, 3.8) is 0 Å². The van der Waals surface area contributed by atoms with Crippen molar-refractivity contribution < 1.29 is 9.47 Å². The number of aromatic nitrogens is 4. The van der Waals surface area contributed by atoms with E-state index < -0.39 is 0 Å². The fourth-order valence-corrected chi connectivity index (χ4v) is 2.10. The van der Waals surface area contributed by atoms with Crippen LogP contribution in [0.2, 0.25) is 0 Å². The maximum Gasteiger partial charge on any atom is 0.168 e. The molecule has 0 aliphatic rings. The van der Waals surface area contributed by atoms with Crippen LogP contribution in [0.4, 0.5) is 0 Å². The molecule has 0 fully saturated rings. The molecule has 1 aromatic heterocycles. The van der Waals surface area contributed by atoms with Crippen LogP contribution in [-0.4, -0.2) is 47.6 Å². The second-order valence-corrected chi connectivity index (χ2v) is 4.68. The summed E-state index contributed by atoms with van der Waals surface area (Å²) in [6.07, 6.45) is 0. The second kappa shape index (κ2) is 7.70. The van der Waals surface area contributed by atoms with Crippen LogP contribution >= 0.6 is 0 Å². The molecule has 0 saturated carbocycles. The van der Waals surface area contributed by atoms with Crippen LogP contribution in [0.15, 0.2) is 24.3 Å². The molecule has 1 heterocycles. The van der Waals surface area contributed by atoms with E-state index in [-0.39, 0.29) is 6.04 Å². The minimum absolute atomic E-state index is 0.0462. The lowest BCUT2D eigenvalue weighted by Gasteiger charge is -2.14. The molecule has 0 bridgehead atoms. The first kappa shape index (κ1) is 15.4. The third-order valence-electron chi connectivity index (χ3n) is 3.22. The van der Waals surface area contributed by atoms with Gasteiger partial charge in [0.15, 0.2) is 5.82 Å². The molecule has 1 N–H and O–H groups in total. The van der Waals surface area contributed by atoms with Crippen molar-refractivity contribution in [3.8, 4) is 5.75 Å². The topological polar surface area (TPSA) is 74.1 Å². The molecule has 2 aromatic rings. The molecule has 7 nitrogen and oxygen atoms in total. The van der Waals surface area contributed by atoms with Crippen molar-refractivity contribution in [1.82, 2.24) is 25.5 Å². The Morgan fingerprint density at radius 2 is 2.10 bits per heavy atom. The van der Waals surface area contributed by atoms with Gasteiger partial charge in [-0.1, -0.05) is 18.2 Å². The van der Waals surface area contributed by atoms with Crippen molar-refractivity contribution in [2.75, 3.05) is 27.4 Å². The van der Waals surface area contributed by atoms with Crippen LogP contribution in [-0.2, 0) is 11.3 Å². The average Bonchev–Trinajstić information content (AvgIpc) is 2.96. The number of nitrogens with one attached hydrogen (secondary N) is 1. The standard InChI is InChI=1S/C14H21N5O2/c1-11(15-8-9-20-2)14-16-17-18-19(14)10-12-6-4-5-7-13(12)21-3/h4-7,11,15H,8-10H2,1-3H3. The van der Waals surface area contributed by atoms with E-state index in [4.69, 9.17) is 9.47 Å². The number of rotatable bonds is 8. The monoisotopic (exact) mass is 291 g/mol. The maximum absolute atomic E-state index is 5.36. The van der Waals surface area contributed by atoms with Gasteiger partial charge >= 0.3 is 0 Å². The SMILES string of the molecule is COCCNC(C)c1nnnn1Cc1ccccc1OC. The molecule has 2 rings (SSSR count). The first-order chi connectivity index (χ1) is 10.3. The molecular weight excluding hydrogens is 270 g/mol. The van der Waals surface area contributed by atoms with Crippen LogP contribution in [0.3, 0.4) is 0 Å². The summed E-state index contributed by atoms with van der Waals surface area (Å²) in [4.78, 5) is 0. The second-order valence-electron chi connectivity index (χ2n) is 4.68. The molecule has 114 valence electrons. The van der Waals surface area contributed by atoms with Gasteiger partial charge in [-0.2, -0.15) is 0 Å². The normalized spacial score (nSPS) is 12.3. The van der Waals surface area contributed by atoms with Crippen molar-refractivity contribution in [3.05, 3.63) is 35.7 Å². The summed E-state index contributed by atoms with van der Waals surface area (Å²) in [7, 11) is 3.34. The van der Waals surface area contributed by atoms with Gasteiger partial charge in [0.1, 0.15) is 5.75 Å². The van der Waals surface area contributed by atoms with Gasteiger partial charge in [0.2, 0.25) is 0 Å². The largest absolute Gasteiger partial charge is 0.496 e. The van der Waals surface area contributed by atoms with Gasteiger partial charge < -0.3 is 14.8 Å². The van der Waals surface area contributed by atoms with E-state index in [1.165, 1.54) is 0 Å². The summed E-state index contributed by atoms with van der Waals surface area (Å²) in [5.74, 6) is 1.62. The molecule has 0 aliphatic carbocycles. The zero-order valence-electron chi connectivity index (χ0n) is 12.6. The average molecular weight is 291 g/mol. The molecular formula is C14H21N5O2. The quantitative estimate of drug-likeness (QED) is 0.732. The van der Waals surface area contributed by atoms with Crippen molar-refractivity contribution in [1.29, 1.82) is 0 Å². The van der Waals surface area contributed by atoms with Gasteiger partial charge in [-0.25, -0.2) is 4.68 Å². The number of nitrogens with zero attached hydrogens (tertiary/aromatic N) is 4. The number of hydrogen-bond acceptors (Lipinski definition) is 6. The van der Waals surface area contributed by atoms with E-state index in [0.717, 1.165) is 23.7 Å². The Morgan fingerprint density at radius 1 is 1.29 bits per heavy atom. The van der Waals surface area contributed by atoms with E-state index >= 15 is 0 Å². The van der Waals surface area contributed by atoms with Gasteiger partial charge in [-0.05, 0) is 23.4 Å². The number of benzene rings is 1. The zero-order chi connectivity index (χ0) is 15.1. The van der Waals surface area contributed by atoms with Gasteiger partial charge in [0, 0.05) is 19.2 Å². The number of ether oxygens (including phenoxy) is 2. The molecule has 1 atom stereocenters. The van der Waals surface area contributed by atoms with Crippen LogP contribution in [0.5, 0.6) is 5.75 Å². The number of hydrogen-bond donors (Lipinski definition) is 1. The first-order valence-corrected chi connectivity index (χ1v) is 6.86. The number of para-hydroxylation sites is 1. The van der Waals surface area contributed by atoms with Gasteiger partial charge in [0.05, 0.1) is 26.3 Å². The van der Waals surface area contributed by atoms with Gasteiger partial charge in [-0.15, -0.1) is 5.10 Å². The minimum atomic E-state index is 0.0462. The molecule has 0 amide bonds. The van der Waals surface area contributed by atoms with Gasteiger partial charge in [0.25, 0.3) is 0 Å². The van der Waals surface area contributed by atoms with Crippen LogP contribution in [0, 0.1) is 0 Å². The molecule has 1 aromatic carbocycles. The molecule has 1 unspecified atom stereocenters. The molecule has 0 spiro atoms. The van der Waals surface area contributed by atoms with Crippen molar-refractivity contribution >= 4 is 0 Å². The predicted octanol–water partition coefficient (Wildman–Crippen LogP) is 1.03. The molecule has 7 heteroatoms. The fraction of sp³-hybridized carbons (Fsp3) is 0.500. The van der Waals surface area contributed by atoms with Crippen LogP contribution < -0.4 is 10.1 Å². The maximum atomic E-state index is 5.36. The van der Waals surface area contributed by atoms with E-state index in [1.807, 2.05) is 31.2 Å². The Labute approximate surface area is 124 Å². The fourth-order valence-electron chi connectivity index (χ4n) is 2.10. The predicted molar refractivity (Wildman–Crippen MR) is 78.2 cm³/mol. The molecule has 21 heavy (non-hydrogen) atoms. The summed E-state index contributed by atoms with van der Waals surface area (Å²) in [5, 5.41) is 15.3. The van der Waals surface area contributed by atoms with E-state index in [2.05, 4.69) is 20.8 Å². The number of tetrazole rings is 1. The highest BCUT2D eigenvalue weighted by Gasteiger charge is 2.15. The Bertz CT molecular complexity index is 558. The Balaban J connectivity index is 2.09. The summed E-state index contributed by atoms with van der Waals surface area (Å²) >= 11 is 0. The van der Waals surface area contributed by atoms with Crippen LogP contribution in [0.25, 0.3) is 0 Å². The summed E-state index contributed by atoms with van der Waals surface area (Å²) in [6, 6.07) is 7.90. The summed E-state index contributed by atoms with van der Waals surface area (Å²) in [5.41, 5.74) is 1.04. The smallest absolute Gasteiger partial charge is 0.168 e. The number of methoxy groups -OCH3 is 2. The summed E-state index contributed by atoms with van der Waals surface area (Å²) in [6.45, 7) is 4.00. The Morgan fingerprint density at radius 3 is 2.86 bits per heavy atom. The van der Waals surface area contributed by atoms with E-state index in [1.54, 1.807) is 18.9 Å². The van der Waals surface area contributed by atoms with Crippen LogP contribution in [0.1, 0.15) is 24.4 Å².